The number of amides is 1. The molecule has 1 aromatic carbocycles. The van der Waals surface area contributed by atoms with Crippen LogP contribution in [-0.4, -0.2) is 34.5 Å². The van der Waals surface area contributed by atoms with E-state index in [1.165, 1.54) is 11.2 Å². The maximum absolute atomic E-state index is 12.4. The summed E-state index contributed by atoms with van der Waals surface area (Å²) in [5.74, 6) is -1.36. The maximum Gasteiger partial charge on any atom is 0.323 e. The number of hydrogen-bond donors (Lipinski definition) is 1. The third-order valence-electron chi connectivity index (χ3n) is 2.90. The molecule has 2 rings (SSSR count). The van der Waals surface area contributed by atoms with Crippen LogP contribution in [0.3, 0.4) is 0 Å². The van der Waals surface area contributed by atoms with E-state index in [2.05, 4.69) is 0 Å². The van der Waals surface area contributed by atoms with E-state index in [1.807, 2.05) is 12.1 Å². The molecule has 19 heavy (non-hydrogen) atoms. The Balaban J connectivity index is 2.39. The molecule has 0 radical (unpaired) electrons. The smallest absolute Gasteiger partial charge is 0.323 e. The lowest BCUT2D eigenvalue weighted by molar-refractivity contribution is -0.138. The molecule has 0 atom stereocenters. The molecule has 0 saturated carbocycles. The second-order valence-electron chi connectivity index (χ2n) is 4.57. The van der Waals surface area contributed by atoms with Crippen molar-refractivity contribution in [1.82, 2.24) is 4.90 Å². The number of fused-ring (bicyclic) bond motifs is 1. The van der Waals surface area contributed by atoms with Gasteiger partial charge in [0.25, 0.3) is 5.91 Å². The topological polar surface area (TPSA) is 70.8 Å². The molecule has 5 nitrogen and oxygen atoms in total. The van der Waals surface area contributed by atoms with Crippen molar-refractivity contribution in [2.45, 2.75) is 19.9 Å². The van der Waals surface area contributed by atoms with E-state index in [0.29, 0.717) is 16.5 Å². The lowest BCUT2D eigenvalue weighted by Gasteiger charge is -2.24. The molecule has 2 aromatic rings. The van der Waals surface area contributed by atoms with Crippen LogP contribution in [0.1, 0.15) is 24.2 Å². The minimum absolute atomic E-state index is 0.197. The van der Waals surface area contributed by atoms with Gasteiger partial charge in [-0.1, -0.05) is 18.2 Å². The summed E-state index contributed by atoms with van der Waals surface area (Å²) >= 11 is 0. The predicted molar refractivity (Wildman–Crippen MR) is 70.0 cm³/mol. The third kappa shape index (κ3) is 2.59. The van der Waals surface area contributed by atoms with Crippen molar-refractivity contribution < 1.29 is 19.1 Å². The van der Waals surface area contributed by atoms with E-state index in [1.54, 1.807) is 26.0 Å². The average Bonchev–Trinajstić information content (AvgIpc) is 2.78. The first-order valence-electron chi connectivity index (χ1n) is 5.99. The fourth-order valence-corrected chi connectivity index (χ4v) is 1.93. The van der Waals surface area contributed by atoms with Crippen LogP contribution < -0.4 is 0 Å². The van der Waals surface area contributed by atoms with Gasteiger partial charge >= 0.3 is 5.97 Å². The summed E-state index contributed by atoms with van der Waals surface area (Å²) < 4.78 is 5.31. The molecule has 0 saturated heterocycles. The zero-order chi connectivity index (χ0) is 14.0. The van der Waals surface area contributed by atoms with E-state index in [4.69, 9.17) is 9.52 Å². The van der Waals surface area contributed by atoms with Crippen LogP contribution in [-0.2, 0) is 4.79 Å². The highest BCUT2D eigenvalue weighted by atomic mass is 16.4. The Morgan fingerprint density at radius 2 is 2.00 bits per heavy atom. The van der Waals surface area contributed by atoms with Crippen LogP contribution in [0.2, 0.25) is 0 Å². The Morgan fingerprint density at radius 3 is 2.63 bits per heavy atom. The Morgan fingerprint density at radius 1 is 1.32 bits per heavy atom. The van der Waals surface area contributed by atoms with Gasteiger partial charge in [0.05, 0.1) is 5.56 Å². The van der Waals surface area contributed by atoms with Crippen molar-refractivity contribution in [3.63, 3.8) is 0 Å². The number of rotatable bonds is 4. The average molecular weight is 261 g/mol. The highest BCUT2D eigenvalue weighted by Gasteiger charge is 2.24. The summed E-state index contributed by atoms with van der Waals surface area (Å²) in [4.78, 5) is 24.5. The number of aliphatic carboxylic acids is 1. The van der Waals surface area contributed by atoms with Crippen molar-refractivity contribution in [3.05, 3.63) is 36.1 Å². The van der Waals surface area contributed by atoms with Gasteiger partial charge in [-0.15, -0.1) is 0 Å². The van der Waals surface area contributed by atoms with Gasteiger partial charge in [0.15, 0.2) is 0 Å². The first-order valence-corrected chi connectivity index (χ1v) is 5.99. The van der Waals surface area contributed by atoms with E-state index < -0.39 is 5.97 Å². The summed E-state index contributed by atoms with van der Waals surface area (Å²) in [5.41, 5.74) is 1.01. The van der Waals surface area contributed by atoms with Crippen LogP contribution >= 0.6 is 0 Å². The lowest BCUT2D eigenvalue weighted by atomic mass is 10.1. The number of benzene rings is 1. The zero-order valence-electron chi connectivity index (χ0n) is 10.8. The molecule has 0 spiro atoms. The van der Waals surface area contributed by atoms with Crippen LogP contribution in [0.15, 0.2) is 34.9 Å². The monoisotopic (exact) mass is 261 g/mol. The highest BCUT2D eigenvalue weighted by Crippen LogP contribution is 2.22. The van der Waals surface area contributed by atoms with E-state index in [9.17, 15) is 9.59 Å². The van der Waals surface area contributed by atoms with Gasteiger partial charge in [-0.25, -0.2) is 0 Å². The molecule has 0 fully saturated rings. The molecule has 1 N–H and O–H groups in total. The van der Waals surface area contributed by atoms with Gasteiger partial charge in [0.2, 0.25) is 0 Å². The molecule has 0 aliphatic rings. The number of carbonyl (C=O) groups excluding carboxylic acids is 1. The highest BCUT2D eigenvalue weighted by molar-refractivity contribution is 6.06. The number of hydrogen-bond acceptors (Lipinski definition) is 3. The number of furan rings is 1. The molecular weight excluding hydrogens is 246 g/mol. The van der Waals surface area contributed by atoms with E-state index >= 15 is 0 Å². The van der Waals surface area contributed by atoms with Crippen LogP contribution in [0.25, 0.3) is 11.0 Å². The van der Waals surface area contributed by atoms with Crippen LogP contribution in [0.4, 0.5) is 0 Å². The second-order valence-corrected chi connectivity index (χ2v) is 4.57. The Labute approximate surface area is 110 Å². The van der Waals surface area contributed by atoms with Gasteiger partial charge in [0.1, 0.15) is 18.4 Å². The molecule has 0 aliphatic heterocycles. The number of para-hydroxylation sites is 1. The Kier molecular flexibility index (Phi) is 3.55. The summed E-state index contributed by atoms with van der Waals surface area (Å²) in [6.45, 7) is 3.24. The number of nitrogens with zero attached hydrogens (tertiary/aromatic N) is 1. The SMILES string of the molecule is CC(C)N(CC(=O)O)C(=O)c1coc2ccccc12. The molecule has 5 heteroatoms. The predicted octanol–water partition coefficient (Wildman–Crippen LogP) is 2.37. The normalized spacial score (nSPS) is 10.9. The molecular formula is C14H15NO4. The fraction of sp³-hybridized carbons (Fsp3) is 0.286. The fourth-order valence-electron chi connectivity index (χ4n) is 1.93. The quantitative estimate of drug-likeness (QED) is 0.917. The largest absolute Gasteiger partial charge is 0.480 e. The van der Waals surface area contributed by atoms with Gasteiger partial charge in [-0.2, -0.15) is 0 Å². The minimum atomic E-state index is -1.03. The van der Waals surface area contributed by atoms with Crippen LogP contribution in [0, 0.1) is 0 Å². The first kappa shape index (κ1) is 13.1. The van der Waals surface area contributed by atoms with Crippen molar-refractivity contribution >= 4 is 22.8 Å². The number of carboxylic acid groups (broad SMARTS) is 1. The minimum Gasteiger partial charge on any atom is -0.480 e. The van der Waals surface area contributed by atoms with Crippen molar-refractivity contribution in [1.29, 1.82) is 0 Å². The molecule has 100 valence electrons. The summed E-state index contributed by atoms with van der Waals surface area (Å²) in [7, 11) is 0. The molecule has 1 heterocycles. The van der Waals surface area contributed by atoms with Gasteiger partial charge in [-0.3, -0.25) is 9.59 Å². The molecule has 0 bridgehead atoms. The zero-order valence-corrected chi connectivity index (χ0v) is 10.8. The number of carbonyl (C=O) groups is 2. The van der Waals surface area contributed by atoms with Crippen molar-refractivity contribution in [2.24, 2.45) is 0 Å². The molecule has 1 aromatic heterocycles. The standard InChI is InChI=1S/C14H15NO4/c1-9(2)15(7-13(16)17)14(18)11-8-19-12-6-4-3-5-10(11)12/h3-6,8-9H,7H2,1-2H3,(H,16,17). The Bertz CT molecular complexity index is 615. The second kappa shape index (κ2) is 5.14. The third-order valence-corrected chi connectivity index (χ3v) is 2.90. The maximum atomic E-state index is 12.4. The molecule has 1 amide bonds. The van der Waals surface area contributed by atoms with E-state index in [-0.39, 0.29) is 18.5 Å². The van der Waals surface area contributed by atoms with Crippen LogP contribution in [0.5, 0.6) is 0 Å². The van der Waals surface area contributed by atoms with Crippen molar-refractivity contribution in [3.8, 4) is 0 Å². The van der Waals surface area contributed by atoms with E-state index in [0.717, 1.165) is 0 Å². The summed E-state index contributed by atoms with van der Waals surface area (Å²) in [6, 6.07) is 6.98. The molecule has 0 unspecified atom stereocenters. The van der Waals surface area contributed by atoms with Gasteiger partial charge in [0, 0.05) is 11.4 Å². The lowest BCUT2D eigenvalue weighted by Crippen LogP contribution is -2.40. The van der Waals surface area contributed by atoms with Crippen molar-refractivity contribution in [2.75, 3.05) is 6.54 Å². The molecule has 0 aliphatic carbocycles. The Hall–Kier alpha value is -2.30. The first-order chi connectivity index (χ1) is 9.00. The summed E-state index contributed by atoms with van der Waals surface area (Å²) in [5, 5.41) is 9.57. The summed E-state index contributed by atoms with van der Waals surface area (Å²) in [6.07, 6.45) is 1.38. The van der Waals surface area contributed by atoms with Gasteiger partial charge < -0.3 is 14.4 Å². The van der Waals surface area contributed by atoms with Gasteiger partial charge in [-0.05, 0) is 19.9 Å². The number of carboxylic acids is 1.